The molecule has 0 amide bonds. The Hall–Kier alpha value is -2.75. The lowest BCUT2D eigenvalue weighted by Crippen LogP contribution is -1.94. The number of aromatic nitrogens is 2. The van der Waals surface area contributed by atoms with Gasteiger partial charge in [-0.15, -0.1) is 0 Å². The first-order valence-corrected chi connectivity index (χ1v) is 6.34. The fourth-order valence-electron chi connectivity index (χ4n) is 1.94. The Labute approximate surface area is 117 Å². The van der Waals surface area contributed by atoms with E-state index in [1.54, 1.807) is 4.57 Å². The van der Waals surface area contributed by atoms with Crippen molar-refractivity contribution in [1.82, 2.24) is 9.55 Å². The van der Waals surface area contributed by atoms with Crippen molar-refractivity contribution >= 4 is 5.95 Å². The molecule has 4 nitrogen and oxygen atoms in total. The maximum absolute atomic E-state index is 5.75. The van der Waals surface area contributed by atoms with Gasteiger partial charge >= 0.3 is 0 Å². The monoisotopic (exact) mass is 265 g/mol. The van der Waals surface area contributed by atoms with E-state index in [9.17, 15) is 0 Å². The molecule has 3 aromatic rings. The van der Waals surface area contributed by atoms with E-state index in [1.807, 2.05) is 67.8 Å². The minimum atomic E-state index is 0.504. The Morgan fingerprint density at radius 2 is 1.60 bits per heavy atom. The summed E-state index contributed by atoms with van der Waals surface area (Å²) in [6.07, 6.45) is 1.91. The van der Waals surface area contributed by atoms with Crippen molar-refractivity contribution in [3.05, 3.63) is 60.8 Å². The molecule has 0 aliphatic carbocycles. The first-order valence-electron chi connectivity index (χ1n) is 6.34. The molecule has 2 aromatic carbocycles. The number of ether oxygens (including phenoxy) is 1. The van der Waals surface area contributed by atoms with Gasteiger partial charge in [0, 0.05) is 18.8 Å². The highest BCUT2D eigenvalue weighted by molar-refractivity contribution is 5.61. The normalized spacial score (nSPS) is 10.4. The van der Waals surface area contributed by atoms with E-state index >= 15 is 0 Å². The molecule has 0 atom stereocenters. The van der Waals surface area contributed by atoms with Gasteiger partial charge in [0.05, 0.1) is 5.69 Å². The van der Waals surface area contributed by atoms with E-state index in [0.29, 0.717) is 5.95 Å². The van der Waals surface area contributed by atoms with Crippen LogP contribution in [0.1, 0.15) is 0 Å². The second-order valence-electron chi connectivity index (χ2n) is 4.53. The van der Waals surface area contributed by atoms with Crippen LogP contribution in [0.5, 0.6) is 11.5 Å². The second-order valence-corrected chi connectivity index (χ2v) is 4.53. The number of nitrogen functional groups attached to an aromatic ring is 1. The molecule has 0 fully saturated rings. The van der Waals surface area contributed by atoms with Crippen molar-refractivity contribution in [3.63, 3.8) is 0 Å². The predicted octanol–water partition coefficient (Wildman–Crippen LogP) is 3.46. The number of rotatable bonds is 3. The molecule has 20 heavy (non-hydrogen) atoms. The highest BCUT2D eigenvalue weighted by Gasteiger charge is 2.05. The van der Waals surface area contributed by atoms with Crippen LogP contribution in [0, 0.1) is 0 Å². The van der Waals surface area contributed by atoms with Gasteiger partial charge in [-0.3, -0.25) is 0 Å². The van der Waals surface area contributed by atoms with Gasteiger partial charge in [-0.25, -0.2) is 4.98 Å². The molecule has 0 saturated carbocycles. The first-order chi connectivity index (χ1) is 9.72. The minimum Gasteiger partial charge on any atom is -0.457 e. The number of hydrogen-bond donors (Lipinski definition) is 1. The summed E-state index contributed by atoms with van der Waals surface area (Å²) in [5.74, 6) is 2.12. The summed E-state index contributed by atoms with van der Waals surface area (Å²) in [4.78, 5) is 4.29. The topological polar surface area (TPSA) is 53.1 Å². The number of hydrogen-bond acceptors (Lipinski definition) is 3. The Morgan fingerprint density at radius 3 is 2.20 bits per heavy atom. The molecule has 0 bridgehead atoms. The van der Waals surface area contributed by atoms with Crippen LogP contribution in [0.15, 0.2) is 60.8 Å². The van der Waals surface area contributed by atoms with Crippen molar-refractivity contribution in [1.29, 1.82) is 0 Å². The molecule has 0 aliphatic heterocycles. The summed E-state index contributed by atoms with van der Waals surface area (Å²) in [6, 6.07) is 17.5. The van der Waals surface area contributed by atoms with Crippen LogP contribution in [0.3, 0.4) is 0 Å². The highest BCUT2D eigenvalue weighted by atomic mass is 16.5. The lowest BCUT2D eigenvalue weighted by atomic mass is 10.1. The van der Waals surface area contributed by atoms with Crippen LogP contribution in [-0.4, -0.2) is 9.55 Å². The molecule has 0 radical (unpaired) electrons. The van der Waals surface area contributed by atoms with Crippen LogP contribution in [-0.2, 0) is 7.05 Å². The third-order valence-electron chi connectivity index (χ3n) is 3.04. The fraction of sp³-hybridized carbons (Fsp3) is 0.0625. The van der Waals surface area contributed by atoms with Crippen molar-refractivity contribution in [2.24, 2.45) is 7.05 Å². The number of anilines is 1. The van der Waals surface area contributed by atoms with Gasteiger partial charge in [-0.05, 0) is 36.4 Å². The van der Waals surface area contributed by atoms with E-state index in [2.05, 4.69) is 4.98 Å². The molecule has 0 spiro atoms. The average Bonchev–Trinajstić information content (AvgIpc) is 2.81. The predicted molar refractivity (Wildman–Crippen MR) is 79.6 cm³/mol. The van der Waals surface area contributed by atoms with Gasteiger partial charge in [0.25, 0.3) is 0 Å². The standard InChI is InChI=1S/C16H15N3O/c1-19-11-15(18-16(19)17)12-7-9-14(10-8-12)20-13-5-3-2-4-6-13/h2-11H,1H3,(H2,17,18). The Kier molecular flexibility index (Phi) is 3.13. The van der Waals surface area contributed by atoms with Gasteiger partial charge in [0.2, 0.25) is 0 Å². The van der Waals surface area contributed by atoms with Gasteiger partial charge in [0.1, 0.15) is 11.5 Å². The zero-order valence-electron chi connectivity index (χ0n) is 11.2. The van der Waals surface area contributed by atoms with Crippen molar-refractivity contribution in [2.45, 2.75) is 0 Å². The molecule has 2 N–H and O–H groups in total. The zero-order chi connectivity index (χ0) is 13.9. The smallest absolute Gasteiger partial charge is 0.200 e. The number of imidazole rings is 1. The van der Waals surface area contributed by atoms with Crippen LogP contribution < -0.4 is 10.5 Å². The molecule has 3 rings (SSSR count). The van der Waals surface area contributed by atoms with Crippen molar-refractivity contribution in [2.75, 3.05) is 5.73 Å². The van der Waals surface area contributed by atoms with E-state index in [1.165, 1.54) is 0 Å². The van der Waals surface area contributed by atoms with Crippen molar-refractivity contribution in [3.8, 4) is 22.8 Å². The third-order valence-corrected chi connectivity index (χ3v) is 3.04. The number of benzene rings is 2. The molecular weight excluding hydrogens is 250 g/mol. The molecule has 4 heteroatoms. The number of aryl methyl sites for hydroxylation is 1. The van der Waals surface area contributed by atoms with Crippen molar-refractivity contribution < 1.29 is 4.74 Å². The average molecular weight is 265 g/mol. The quantitative estimate of drug-likeness (QED) is 0.789. The van der Waals surface area contributed by atoms with Crippen LogP contribution in [0.2, 0.25) is 0 Å². The second kappa shape index (κ2) is 5.09. The fourth-order valence-corrected chi connectivity index (χ4v) is 1.94. The van der Waals surface area contributed by atoms with Gasteiger partial charge < -0.3 is 15.0 Å². The molecule has 100 valence electrons. The zero-order valence-corrected chi connectivity index (χ0v) is 11.2. The number of para-hydroxylation sites is 1. The van der Waals surface area contributed by atoms with E-state index in [-0.39, 0.29) is 0 Å². The molecule has 0 unspecified atom stereocenters. The van der Waals surface area contributed by atoms with Crippen LogP contribution in [0.4, 0.5) is 5.95 Å². The van der Waals surface area contributed by atoms with E-state index in [0.717, 1.165) is 22.8 Å². The Balaban J connectivity index is 1.81. The summed E-state index contributed by atoms with van der Waals surface area (Å²) >= 11 is 0. The van der Waals surface area contributed by atoms with Gasteiger partial charge in [-0.2, -0.15) is 0 Å². The van der Waals surface area contributed by atoms with Crippen LogP contribution >= 0.6 is 0 Å². The number of nitrogens with two attached hydrogens (primary N) is 1. The minimum absolute atomic E-state index is 0.504. The molecule has 1 aromatic heterocycles. The molecular formula is C16H15N3O. The summed E-state index contributed by atoms with van der Waals surface area (Å²) in [7, 11) is 1.87. The molecule has 0 aliphatic rings. The first kappa shape index (κ1) is 12.3. The van der Waals surface area contributed by atoms with Gasteiger partial charge in [-0.1, -0.05) is 18.2 Å². The Bertz CT molecular complexity index is 683. The summed E-state index contributed by atoms with van der Waals surface area (Å²) in [5.41, 5.74) is 7.61. The third kappa shape index (κ3) is 2.49. The lowest BCUT2D eigenvalue weighted by Gasteiger charge is -2.05. The highest BCUT2D eigenvalue weighted by Crippen LogP contribution is 2.25. The summed E-state index contributed by atoms with van der Waals surface area (Å²) in [5, 5.41) is 0. The SMILES string of the molecule is Cn1cc(-c2ccc(Oc3ccccc3)cc2)nc1N. The maximum Gasteiger partial charge on any atom is 0.200 e. The largest absolute Gasteiger partial charge is 0.457 e. The summed E-state index contributed by atoms with van der Waals surface area (Å²) in [6.45, 7) is 0. The number of nitrogens with zero attached hydrogens (tertiary/aromatic N) is 2. The molecule has 1 heterocycles. The van der Waals surface area contributed by atoms with Crippen LogP contribution in [0.25, 0.3) is 11.3 Å². The summed E-state index contributed by atoms with van der Waals surface area (Å²) < 4.78 is 7.54. The van der Waals surface area contributed by atoms with E-state index < -0.39 is 0 Å². The van der Waals surface area contributed by atoms with E-state index in [4.69, 9.17) is 10.5 Å². The van der Waals surface area contributed by atoms with Gasteiger partial charge in [0.15, 0.2) is 5.95 Å². The Morgan fingerprint density at radius 1 is 0.950 bits per heavy atom. The lowest BCUT2D eigenvalue weighted by molar-refractivity contribution is 0.483. The molecule has 0 saturated heterocycles. The maximum atomic E-state index is 5.75.